The zero-order chi connectivity index (χ0) is 18.4. The number of aromatic nitrogens is 2. The molecule has 2 aromatic rings. The van der Waals surface area contributed by atoms with Gasteiger partial charge >= 0.3 is 0 Å². The lowest BCUT2D eigenvalue weighted by atomic mass is 9.93. The van der Waals surface area contributed by atoms with E-state index in [-0.39, 0.29) is 28.2 Å². The van der Waals surface area contributed by atoms with Gasteiger partial charge in [0.2, 0.25) is 5.88 Å². The summed E-state index contributed by atoms with van der Waals surface area (Å²) in [5, 5.41) is 14.1. The summed E-state index contributed by atoms with van der Waals surface area (Å²) in [5.41, 5.74) is 1.52. The van der Waals surface area contributed by atoms with E-state index in [1.165, 1.54) is 30.1 Å². The molecule has 1 aromatic carbocycles. The highest BCUT2D eigenvalue weighted by Gasteiger charge is 2.33. The van der Waals surface area contributed by atoms with Gasteiger partial charge in [0, 0.05) is 24.8 Å². The van der Waals surface area contributed by atoms with E-state index in [0.717, 1.165) is 0 Å². The monoisotopic (exact) mass is 364 g/mol. The molecule has 1 unspecified atom stereocenters. The first-order chi connectivity index (χ1) is 11.8. The van der Waals surface area contributed by atoms with E-state index in [4.69, 9.17) is 4.74 Å². The average molecular weight is 364 g/mol. The Morgan fingerprint density at radius 2 is 2.12 bits per heavy atom. The average Bonchev–Trinajstić information content (AvgIpc) is 2.95. The first kappa shape index (κ1) is 17.6. The molecule has 0 bridgehead atoms. The van der Waals surface area contributed by atoms with E-state index >= 15 is 0 Å². The predicted octanol–water partition coefficient (Wildman–Crippen LogP) is 2.01. The number of carbonyl (C=O) groups excluding carboxylic acids is 1. The molecule has 1 atom stereocenters. The summed E-state index contributed by atoms with van der Waals surface area (Å²) >= 11 is 0. The Bertz CT molecular complexity index is 946. The zero-order valence-corrected chi connectivity index (χ0v) is 15.1. The van der Waals surface area contributed by atoms with Crippen LogP contribution in [0.15, 0.2) is 23.2 Å². The number of hydrogen-bond acceptors (Lipinski definition) is 6. The van der Waals surface area contributed by atoms with E-state index < -0.39 is 15.6 Å². The number of ketones is 1. The molecule has 134 valence electrons. The number of aryl methyl sites for hydroxylation is 1. The van der Waals surface area contributed by atoms with Crippen molar-refractivity contribution in [3.63, 3.8) is 0 Å². The van der Waals surface area contributed by atoms with E-state index in [1.54, 1.807) is 13.8 Å². The van der Waals surface area contributed by atoms with Crippen molar-refractivity contribution in [2.45, 2.75) is 37.8 Å². The maximum atomic E-state index is 12.9. The number of ether oxygens (including phenoxy) is 1. The third kappa shape index (κ3) is 2.75. The number of rotatable bonds is 4. The topological polar surface area (TPSA) is 98.5 Å². The molecule has 1 aliphatic rings. The SMILES string of the molecule is CCn1ncc(C(=O)c2ccc3c(c2C)C(OC)CCS3(=O)=O)c1O. The molecular formula is C17H20N2O5S. The van der Waals surface area contributed by atoms with Gasteiger partial charge in [-0.25, -0.2) is 13.1 Å². The largest absolute Gasteiger partial charge is 0.493 e. The smallest absolute Gasteiger partial charge is 0.220 e. The Labute approximate surface area is 146 Å². The highest BCUT2D eigenvalue weighted by atomic mass is 32.2. The van der Waals surface area contributed by atoms with Crippen LogP contribution in [0.3, 0.4) is 0 Å². The summed E-state index contributed by atoms with van der Waals surface area (Å²) in [7, 11) is -1.85. The van der Waals surface area contributed by atoms with Crippen molar-refractivity contribution in [3.05, 3.63) is 40.6 Å². The summed E-state index contributed by atoms with van der Waals surface area (Å²) < 4.78 is 31.4. The maximum Gasteiger partial charge on any atom is 0.220 e. The van der Waals surface area contributed by atoms with Crippen molar-refractivity contribution in [3.8, 4) is 5.88 Å². The lowest BCUT2D eigenvalue weighted by Crippen LogP contribution is -2.23. The van der Waals surface area contributed by atoms with Gasteiger partial charge in [-0.05, 0) is 38.0 Å². The minimum atomic E-state index is -3.38. The fourth-order valence-electron chi connectivity index (χ4n) is 3.29. The van der Waals surface area contributed by atoms with Gasteiger partial charge in [-0.2, -0.15) is 5.10 Å². The van der Waals surface area contributed by atoms with Gasteiger partial charge in [0.1, 0.15) is 5.56 Å². The Morgan fingerprint density at radius 1 is 1.40 bits per heavy atom. The molecule has 1 aliphatic heterocycles. The molecule has 0 radical (unpaired) electrons. The fraction of sp³-hybridized carbons (Fsp3) is 0.412. The normalized spacial score (nSPS) is 18.8. The molecule has 1 N–H and O–H groups in total. The number of benzene rings is 1. The minimum Gasteiger partial charge on any atom is -0.493 e. The Kier molecular flexibility index (Phi) is 4.42. The van der Waals surface area contributed by atoms with E-state index in [0.29, 0.717) is 29.7 Å². The van der Waals surface area contributed by atoms with Crippen molar-refractivity contribution in [2.24, 2.45) is 0 Å². The van der Waals surface area contributed by atoms with Crippen LogP contribution in [0.1, 0.15) is 46.5 Å². The Hall–Kier alpha value is -2.19. The number of methoxy groups -OCH3 is 1. The van der Waals surface area contributed by atoms with Gasteiger partial charge in [-0.15, -0.1) is 0 Å². The molecule has 25 heavy (non-hydrogen) atoms. The van der Waals surface area contributed by atoms with Crippen LogP contribution in [0.2, 0.25) is 0 Å². The third-order valence-electron chi connectivity index (χ3n) is 4.67. The van der Waals surface area contributed by atoms with E-state index in [2.05, 4.69) is 5.10 Å². The number of sulfone groups is 1. The first-order valence-corrected chi connectivity index (χ1v) is 9.65. The lowest BCUT2D eigenvalue weighted by molar-refractivity contribution is 0.0952. The molecule has 0 spiro atoms. The summed E-state index contributed by atoms with van der Waals surface area (Å²) in [6.07, 6.45) is 1.30. The molecule has 1 aromatic heterocycles. The lowest BCUT2D eigenvalue weighted by Gasteiger charge is -2.27. The first-order valence-electron chi connectivity index (χ1n) is 8.00. The standard InChI is InChI=1S/C17H20N2O5S/c1-4-19-17(21)12(9-18-19)16(20)11-5-6-14-15(10(11)2)13(24-3)7-8-25(14,22)23/h5-6,9,13,21H,4,7-8H2,1-3H3. The van der Waals surface area contributed by atoms with Gasteiger partial charge in [0.15, 0.2) is 15.6 Å². The molecule has 3 rings (SSSR count). The second-order valence-corrected chi connectivity index (χ2v) is 8.09. The highest BCUT2D eigenvalue weighted by molar-refractivity contribution is 7.91. The molecule has 2 heterocycles. The van der Waals surface area contributed by atoms with Gasteiger partial charge in [0.25, 0.3) is 0 Å². The number of carbonyl (C=O) groups is 1. The van der Waals surface area contributed by atoms with Crippen LogP contribution in [0.4, 0.5) is 0 Å². The summed E-state index contributed by atoms with van der Waals surface area (Å²) in [6.45, 7) is 3.95. The molecular weight excluding hydrogens is 344 g/mol. The maximum absolute atomic E-state index is 12.9. The minimum absolute atomic E-state index is 0.0231. The van der Waals surface area contributed by atoms with E-state index in [1.807, 2.05) is 0 Å². The molecule has 0 saturated carbocycles. The van der Waals surface area contributed by atoms with Gasteiger partial charge in [-0.3, -0.25) is 4.79 Å². The van der Waals surface area contributed by atoms with Gasteiger partial charge in [-0.1, -0.05) is 0 Å². The van der Waals surface area contributed by atoms with Crippen LogP contribution in [0.5, 0.6) is 5.88 Å². The quantitative estimate of drug-likeness (QED) is 0.834. The second kappa shape index (κ2) is 6.27. The fourth-order valence-corrected chi connectivity index (χ4v) is 4.93. The van der Waals surface area contributed by atoms with E-state index in [9.17, 15) is 18.3 Å². The van der Waals surface area contributed by atoms with Crippen LogP contribution in [-0.2, 0) is 21.1 Å². The molecule has 8 heteroatoms. The van der Waals surface area contributed by atoms with Crippen molar-refractivity contribution >= 4 is 15.6 Å². The highest BCUT2D eigenvalue weighted by Crippen LogP contribution is 2.38. The summed E-state index contributed by atoms with van der Waals surface area (Å²) in [6, 6.07) is 2.95. The number of hydrogen-bond donors (Lipinski definition) is 1. The summed E-state index contributed by atoms with van der Waals surface area (Å²) in [5.74, 6) is -0.564. The van der Waals surface area contributed by atoms with Gasteiger partial charge < -0.3 is 9.84 Å². The van der Waals surface area contributed by atoms with Crippen LogP contribution in [0.25, 0.3) is 0 Å². The number of fused-ring (bicyclic) bond motifs is 1. The van der Waals surface area contributed by atoms with Crippen molar-refractivity contribution < 1.29 is 23.1 Å². The molecule has 7 nitrogen and oxygen atoms in total. The second-order valence-electron chi connectivity index (χ2n) is 6.01. The Morgan fingerprint density at radius 3 is 2.72 bits per heavy atom. The van der Waals surface area contributed by atoms with Crippen LogP contribution in [0, 0.1) is 6.92 Å². The molecule has 0 fully saturated rings. The number of aromatic hydroxyl groups is 1. The molecule has 0 amide bonds. The van der Waals surface area contributed by atoms with Crippen molar-refractivity contribution in [2.75, 3.05) is 12.9 Å². The zero-order valence-electron chi connectivity index (χ0n) is 14.3. The van der Waals surface area contributed by atoms with Crippen LogP contribution in [-0.4, -0.2) is 42.0 Å². The summed E-state index contributed by atoms with van der Waals surface area (Å²) in [4.78, 5) is 13.1. The third-order valence-corrected chi connectivity index (χ3v) is 6.46. The Balaban J connectivity index is 2.16. The molecule has 0 aliphatic carbocycles. The van der Waals surface area contributed by atoms with Crippen LogP contribution < -0.4 is 0 Å². The van der Waals surface area contributed by atoms with Crippen molar-refractivity contribution in [1.82, 2.24) is 9.78 Å². The predicted molar refractivity (Wildman–Crippen MR) is 90.6 cm³/mol. The van der Waals surface area contributed by atoms with Crippen molar-refractivity contribution in [1.29, 1.82) is 0 Å². The van der Waals surface area contributed by atoms with Gasteiger partial charge in [0.05, 0.1) is 22.9 Å². The number of nitrogens with zero attached hydrogens (tertiary/aromatic N) is 2. The van der Waals surface area contributed by atoms with Crippen LogP contribution >= 0.6 is 0 Å². The molecule has 0 saturated heterocycles.